The summed E-state index contributed by atoms with van der Waals surface area (Å²) in [5.41, 5.74) is -1.05. The SMILES string of the molecule is CN1CC[C@H](c2c(O)cc3oc(-c4ccccc4Cl)cc(=O)c3c2OC(=O)C(F)(F)F)[C@H](O)C1. The van der Waals surface area contributed by atoms with Crippen LogP contribution in [0.15, 0.2) is 45.6 Å². The van der Waals surface area contributed by atoms with E-state index in [-0.39, 0.29) is 34.9 Å². The lowest BCUT2D eigenvalue weighted by Crippen LogP contribution is -2.40. The van der Waals surface area contributed by atoms with Gasteiger partial charge in [0.1, 0.15) is 22.5 Å². The lowest BCUT2D eigenvalue weighted by Gasteiger charge is -2.34. The van der Waals surface area contributed by atoms with E-state index in [1.54, 1.807) is 36.2 Å². The van der Waals surface area contributed by atoms with E-state index < -0.39 is 46.5 Å². The maximum Gasteiger partial charge on any atom is 0.491 e. The molecule has 0 unspecified atom stereocenters. The van der Waals surface area contributed by atoms with Crippen LogP contribution in [0.4, 0.5) is 13.2 Å². The Labute approximate surface area is 195 Å². The van der Waals surface area contributed by atoms with Gasteiger partial charge in [-0.05, 0) is 32.1 Å². The van der Waals surface area contributed by atoms with E-state index >= 15 is 0 Å². The molecule has 0 amide bonds. The van der Waals surface area contributed by atoms with Gasteiger partial charge in [0.05, 0.1) is 11.1 Å². The number of esters is 1. The van der Waals surface area contributed by atoms with E-state index in [4.69, 9.17) is 16.0 Å². The second kappa shape index (κ2) is 8.94. The Hall–Kier alpha value is -3.08. The van der Waals surface area contributed by atoms with Crippen molar-refractivity contribution < 1.29 is 37.3 Å². The molecular formula is C23H19ClF3NO6. The number of likely N-dealkylation sites (tertiary alicyclic amines) is 1. The van der Waals surface area contributed by atoms with Gasteiger partial charge in [-0.2, -0.15) is 13.2 Å². The van der Waals surface area contributed by atoms with Crippen molar-refractivity contribution in [2.24, 2.45) is 0 Å². The second-order valence-electron chi connectivity index (χ2n) is 8.08. The molecule has 1 saturated heterocycles. The summed E-state index contributed by atoms with van der Waals surface area (Å²) in [5, 5.41) is 21.1. The Bertz CT molecular complexity index is 1320. The molecule has 0 bridgehead atoms. The lowest BCUT2D eigenvalue weighted by atomic mass is 9.85. The number of phenolic OH excluding ortho intramolecular Hbond substituents is 1. The summed E-state index contributed by atoms with van der Waals surface area (Å²) < 4.78 is 49.5. The Morgan fingerprint density at radius 3 is 2.62 bits per heavy atom. The fraction of sp³-hybridized carbons (Fsp3) is 0.304. The number of carbonyl (C=O) groups is 1. The van der Waals surface area contributed by atoms with Crippen molar-refractivity contribution in [3.8, 4) is 22.8 Å². The molecule has 7 nitrogen and oxygen atoms in total. The predicted octanol–water partition coefficient (Wildman–Crippen LogP) is 4.07. The van der Waals surface area contributed by atoms with Gasteiger partial charge in [-0.15, -0.1) is 0 Å². The molecule has 2 atom stereocenters. The molecule has 4 rings (SSSR count). The van der Waals surface area contributed by atoms with E-state index in [1.807, 2.05) is 0 Å². The molecule has 1 fully saturated rings. The van der Waals surface area contributed by atoms with Gasteiger partial charge in [0, 0.05) is 35.7 Å². The number of aliphatic hydroxyl groups is 1. The fourth-order valence-electron chi connectivity index (χ4n) is 4.13. The van der Waals surface area contributed by atoms with Crippen molar-refractivity contribution in [3.63, 3.8) is 0 Å². The smallest absolute Gasteiger partial charge is 0.491 e. The van der Waals surface area contributed by atoms with Crippen LogP contribution in [-0.2, 0) is 4.79 Å². The molecule has 180 valence electrons. The number of benzene rings is 2. The Balaban J connectivity index is 1.97. The molecule has 2 N–H and O–H groups in total. The van der Waals surface area contributed by atoms with Crippen LogP contribution in [0.2, 0.25) is 5.02 Å². The van der Waals surface area contributed by atoms with Crippen LogP contribution >= 0.6 is 11.6 Å². The van der Waals surface area contributed by atoms with E-state index in [0.717, 1.165) is 12.1 Å². The minimum absolute atomic E-state index is 0.00248. The number of fused-ring (bicyclic) bond motifs is 1. The fourth-order valence-corrected chi connectivity index (χ4v) is 4.35. The molecule has 0 saturated carbocycles. The van der Waals surface area contributed by atoms with Crippen molar-refractivity contribution in [2.45, 2.75) is 24.6 Å². The number of hydrogen-bond acceptors (Lipinski definition) is 7. The van der Waals surface area contributed by atoms with Gasteiger partial charge in [0.2, 0.25) is 0 Å². The van der Waals surface area contributed by atoms with Gasteiger partial charge in [0.25, 0.3) is 0 Å². The quantitative estimate of drug-likeness (QED) is 0.415. The van der Waals surface area contributed by atoms with Crippen LogP contribution in [0.25, 0.3) is 22.3 Å². The van der Waals surface area contributed by atoms with Gasteiger partial charge in [-0.1, -0.05) is 23.7 Å². The van der Waals surface area contributed by atoms with E-state index in [1.165, 1.54) is 0 Å². The monoisotopic (exact) mass is 497 g/mol. The first-order chi connectivity index (χ1) is 16.0. The normalized spacial score (nSPS) is 19.4. The highest BCUT2D eigenvalue weighted by molar-refractivity contribution is 6.33. The van der Waals surface area contributed by atoms with Crippen molar-refractivity contribution in [3.05, 3.63) is 57.2 Å². The van der Waals surface area contributed by atoms with Crippen LogP contribution < -0.4 is 10.2 Å². The Morgan fingerprint density at radius 2 is 1.97 bits per heavy atom. The number of ether oxygens (including phenoxy) is 1. The molecule has 2 aromatic carbocycles. The predicted molar refractivity (Wildman–Crippen MR) is 117 cm³/mol. The molecule has 0 aliphatic carbocycles. The molecular weight excluding hydrogens is 479 g/mol. The maximum atomic E-state index is 13.1. The number of halogens is 4. The highest BCUT2D eigenvalue weighted by Crippen LogP contribution is 2.45. The summed E-state index contributed by atoms with van der Waals surface area (Å²) in [5.74, 6) is -4.82. The lowest BCUT2D eigenvalue weighted by molar-refractivity contribution is -0.189. The van der Waals surface area contributed by atoms with Crippen LogP contribution in [0, 0.1) is 0 Å². The number of aromatic hydroxyl groups is 1. The Morgan fingerprint density at radius 1 is 1.26 bits per heavy atom. The third-order valence-corrected chi connectivity index (χ3v) is 6.04. The number of hydrogen-bond donors (Lipinski definition) is 2. The molecule has 34 heavy (non-hydrogen) atoms. The first-order valence-corrected chi connectivity index (χ1v) is 10.6. The van der Waals surface area contributed by atoms with Gasteiger partial charge in [-0.25, -0.2) is 4.79 Å². The number of nitrogens with zero attached hydrogens (tertiary/aromatic N) is 1. The van der Waals surface area contributed by atoms with Crippen LogP contribution in [-0.4, -0.2) is 53.5 Å². The number of alkyl halides is 3. The van der Waals surface area contributed by atoms with E-state index in [2.05, 4.69) is 4.74 Å². The number of piperidine rings is 1. The van der Waals surface area contributed by atoms with Crippen molar-refractivity contribution in [1.82, 2.24) is 4.90 Å². The molecule has 11 heteroatoms. The summed E-state index contributed by atoms with van der Waals surface area (Å²) in [6.45, 7) is 0.612. The van der Waals surface area contributed by atoms with E-state index in [9.17, 15) is 33.0 Å². The molecule has 1 aliphatic heterocycles. The Kier molecular flexibility index (Phi) is 6.32. The molecule has 3 aromatic rings. The van der Waals surface area contributed by atoms with Gasteiger partial charge in [-0.3, -0.25) is 4.79 Å². The van der Waals surface area contributed by atoms with Crippen LogP contribution in [0.3, 0.4) is 0 Å². The third-order valence-electron chi connectivity index (χ3n) is 5.71. The van der Waals surface area contributed by atoms with Gasteiger partial charge >= 0.3 is 12.1 Å². The summed E-state index contributed by atoms with van der Waals surface area (Å²) in [6, 6.07) is 8.50. The van der Waals surface area contributed by atoms with Crippen LogP contribution in [0.5, 0.6) is 11.5 Å². The summed E-state index contributed by atoms with van der Waals surface area (Å²) in [7, 11) is 1.75. The third kappa shape index (κ3) is 4.48. The van der Waals surface area contributed by atoms with Crippen molar-refractivity contribution in [2.75, 3.05) is 20.1 Å². The standard InChI is InChI=1S/C23H19ClF3NO6/c1-28-7-6-12(16(31)10-28)19-14(29)9-18-20(21(19)34-22(32)23(25,26)27)15(30)8-17(33-18)11-4-2-3-5-13(11)24/h2-5,8-9,12,16,29,31H,6-7,10H2,1H3/t12-,16+/m0/s1. The highest BCUT2D eigenvalue weighted by atomic mass is 35.5. The van der Waals surface area contributed by atoms with Gasteiger partial charge in [0.15, 0.2) is 11.2 Å². The first-order valence-electron chi connectivity index (χ1n) is 10.2. The van der Waals surface area contributed by atoms with Crippen molar-refractivity contribution >= 4 is 28.5 Å². The minimum atomic E-state index is -5.36. The molecule has 0 spiro atoms. The zero-order valence-corrected chi connectivity index (χ0v) is 18.5. The number of carbonyl (C=O) groups excluding carboxylic acids is 1. The number of β-amino-alcohol motifs (C(OH)–C–C–N with tert-alkyl or cyclic N) is 1. The van der Waals surface area contributed by atoms with Crippen LogP contribution in [0.1, 0.15) is 17.9 Å². The zero-order valence-electron chi connectivity index (χ0n) is 17.7. The molecule has 1 aliphatic rings. The molecule has 2 heterocycles. The number of aliphatic hydroxyl groups excluding tert-OH is 1. The summed E-state index contributed by atoms with van der Waals surface area (Å²) in [4.78, 5) is 26.6. The first kappa shape index (κ1) is 24.1. The zero-order chi connectivity index (χ0) is 24.8. The average molecular weight is 498 g/mol. The van der Waals surface area contributed by atoms with E-state index in [0.29, 0.717) is 12.1 Å². The number of phenols is 1. The summed E-state index contributed by atoms with van der Waals surface area (Å²) in [6.07, 6.45) is -6.23. The van der Waals surface area contributed by atoms with Crippen molar-refractivity contribution in [1.29, 1.82) is 0 Å². The van der Waals surface area contributed by atoms with Gasteiger partial charge < -0.3 is 24.3 Å². The average Bonchev–Trinajstić information content (AvgIpc) is 2.74. The maximum absolute atomic E-state index is 13.1. The topological polar surface area (TPSA) is 100 Å². The summed E-state index contributed by atoms with van der Waals surface area (Å²) >= 11 is 6.16. The number of likely N-dealkylation sites (N-methyl/N-ethyl adjacent to an activating group) is 1. The molecule has 1 aromatic heterocycles. The largest absolute Gasteiger partial charge is 0.507 e. The minimum Gasteiger partial charge on any atom is -0.507 e. The second-order valence-corrected chi connectivity index (χ2v) is 8.49. The molecule has 0 radical (unpaired) electrons. The highest BCUT2D eigenvalue weighted by Gasteiger charge is 2.43. The number of rotatable bonds is 3.